The van der Waals surface area contributed by atoms with Gasteiger partial charge in [0.05, 0.1) is 23.6 Å². The molecule has 32 heavy (non-hydrogen) atoms. The highest BCUT2D eigenvalue weighted by atomic mass is 16.5. The SMILES string of the molecule is COc1ccc2onc(N3CCN(CCCCN4C(=O)c5ccccc5C4=O)CC3)c2c1. The zero-order valence-corrected chi connectivity index (χ0v) is 18.1. The van der Waals surface area contributed by atoms with Crippen molar-refractivity contribution in [3.8, 4) is 5.75 Å². The zero-order chi connectivity index (χ0) is 22.1. The van der Waals surface area contributed by atoms with Gasteiger partial charge >= 0.3 is 0 Å². The topological polar surface area (TPSA) is 79.1 Å². The second-order valence-electron chi connectivity index (χ2n) is 8.21. The molecule has 1 aromatic heterocycles. The van der Waals surface area contributed by atoms with E-state index in [2.05, 4.69) is 15.0 Å². The first kappa shape index (κ1) is 20.5. The van der Waals surface area contributed by atoms with Gasteiger partial charge in [-0.25, -0.2) is 0 Å². The van der Waals surface area contributed by atoms with Crippen molar-refractivity contribution in [1.29, 1.82) is 0 Å². The summed E-state index contributed by atoms with van der Waals surface area (Å²) in [5.74, 6) is 1.31. The lowest BCUT2D eigenvalue weighted by Crippen LogP contribution is -2.46. The molecule has 0 N–H and O–H groups in total. The second-order valence-corrected chi connectivity index (χ2v) is 8.21. The number of aromatic nitrogens is 1. The fourth-order valence-electron chi connectivity index (χ4n) is 4.49. The largest absolute Gasteiger partial charge is 0.497 e. The molecule has 8 heteroatoms. The molecule has 3 aromatic rings. The first-order valence-corrected chi connectivity index (χ1v) is 11.0. The molecule has 2 aliphatic heterocycles. The van der Waals surface area contributed by atoms with Gasteiger partial charge in [0.15, 0.2) is 11.4 Å². The maximum atomic E-state index is 12.5. The normalized spacial score (nSPS) is 16.8. The summed E-state index contributed by atoms with van der Waals surface area (Å²) >= 11 is 0. The summed E-state index contributed by atoms with van der Waals surface area (Å²) in [7, 11) is 1.65. The van der Waals surface area contributed by atoms with Crippen LogP contribution < -0.4 is 9.64 Å². The summed E-state index contributed by atoms with van der Waals surface area (Å²) in [6.07, 6.45) is 1.75. The van der Waals surface area contributed by atoms with E-state index in [1.54, 1.807) is 31.4 Å². The van der Waals surface area contributed by atoms with E-state index in [1.165, 1.54) is 4.90 Å². The van der Waals surface area contributed by atoms with Gasteiger partial charge in [-0.15, -0.1) is 0 Å². The number of piperazine rings is 1. The van der Waals surface area contributed by atoms with Crippen molar-refractivity contribution in [2.24, 2.45) is 0 Å². The van der Waals surface area contributed by atoms with Gasteiger partial charge in [0.2, 0.25) is 0 Å². The Bertz CT molecular complexity index is 1110. The van der Waals surface area contributed by atoms with Crippen LogP contribution in [0, 0.1) is 0 Å². The van der Waals surface area contributed by atoms with Crippen molar-refractivity contribution in [2.45, 2.75) is 12.8 Å². The average Bonchev–Trinajstić information content (AvgIpc) is 3.36. The Morgan fingerprint density at radius 2 is 1.62 bits per heavy atom. The van der Waals surface area contributed by atoms with Crippen molar-refractivity contribution in [3.63, 3.8) is 0 Å². The minimum Gasteiger partial charge on any atom is -0.497 e. The Balaban J connectivity index is 1.10. The first-order valence-electron chi connectivity index (χ1n) is 11.0. The first-order chi connectivity index (χ1) is 15.7. The van der Waals surface area contributed by atoms with Crippen LogP contribution in [0.25, 0.3) is 11.0 Å². The summed E-state index contributed by atoms with van der Waals surface area (Å²) < 4.78 is 10.8. The Labute approximate surface area is 186 Å². The van der Waals surface area contributed by atoms with Crippen LogP contribution in [-0.4, -0.2) is 73.1 Å². The summed E-state index contributed by atoms with van der Waals surface area (Å²) in [5.41, 5.74) is 1.80. The van der Waals surface area contributed by atoms with E-state index < -0.39 is 0 Å². The summed E-state index contributed by atoms with van der Waals surface area (Å²) in [6, 6.07) is 12.8. The van der Waals surface area contributed by atoms with Crippen molar-refractivity contribution in [2.75, 3.05) is 51.3 Å². The maximum Gasteiger partial charge on any atom is 0.261 e. The Morgan fingerprint density at radius 1 is 0.938 bits per heavy atom. The number of hydrogen-bond donors (Lipinski definition) is 0. The molecule has 0 saturated carbocycles. The van der Waals surface area contributed by atoms with Crippen molar-refractivity contribution in [1.82, 2.24) is 15.0 Å². The molecule has 166 valence electrons. The molecule has 2 aromatic carbocycles. The number of anilines is 1. The Morgan fingerprint density at radius 3 is 2.31 bits per heavy atom. The number of imide groups is 1. The van der Waals surface area contributed by atoms with Crippen LogP contribution in [-0.2, 0) is 0 Å². The van der Waals surface area contributed by atoms with E-state index in [9.17, 15) is 9.59 Å². The predicted molar refractivity (Wildman–Crippen MR) is 120 cm³/mol. The molecular formula is C24H26N4O4. The average molecular weight is 434 g/mol. The highest BCUT2D eigenvalue weighted by Gasteiger charge is 2.34. The quantitative estimate of drug-likeness (QED) is 0.418. The minimum atomic E-state index is -0.171. The molecule has 2 aliphatic rings. The zero-order valence-electron chi connectivity index (χ0n) is 18.1. The lowest BCUT2D eigenvalue weighted by molar-refractivity contribution is 0.0650. The molecule has 2 amide bonds. The van der Waals surface area contributed by atoms with Crippen molar-refractivity contribution >= 4 is 28.6 Å². The van der Waals surface area contributed by atoms with Crippen LogP contribution in [0.2, 0.25) is 0 Å². The smallest absolute Gasteiger partial charge is 0.261 e. The highest BCUT2D eigenvalue weighted by Crippen LogP contribution is 2.30. The molecule has 0 atom stereocenters. The third-order valence-corrected chi connectivity index (χ3v) is 6.31. The van der Waals surface area contributed by atoms with Crippen LogP contribution in [0.1, 0.15) is 33.6 Å². The van der Waals surface area contributed by atoms with E-state index >= 15 is 0 Å². The lowest BCUT2D eigenvalue weighted by Gasteiger charge is -2.34. The number of amides is 2. The van der Waals surface area contributed by atoms with Gasteiger partial charge in [-0.05, 0) is 49.7 Å². The van der Waals surface area contributed by atoms with Gasteiger partial charge in [-0.3, -0.25) is 19.4 Å². The number of rotatable bonds is 7. The third kappa shape index (κ3) is 3.71. The standard InChI is InChI=1S/C24H26N4O4/c1-31-17-8-9-21-20(16-17)22(25-32-21)27-14-12-26(13-15-27)10-4-5-11-28-23(29)18-6-2-3-7-19(18)24(28)30/h2-3,6-9,16H,4-5,10-15H2,1H3. The summed E-state index contributed by atoms with van der Waals surface area (Å²) in [4.78, 5) is 31.0. The van der Waals surface area contributed by atoms with E-state index in [4.69, 9.17) is 9.26 Å². The Kier molecular flexibility index (Phi) is 5.53. The molecular weight excluding hydrogens is 408 g/mol. The van der Waals surface area contributed by atoms with E-state index in [-0.39, 0.29) is 11.8 Å². The van der Waals surface area contributed by atoms with E-state index in [0.717, 1.165) is 68.1 Å². The number of ether oxygens (including phenoxy) is 1. The number of unbranched alkanes of at least 4 members (excludes halogenated alkanes) is 1. The van der Waals surface area contributed by atoms with Crippen LogP contribution >= 0.6 is 0 Å². The number of carbonyl (C=O) groups is 2. The second kappa shape index (κ2) is 8.63. The van der Waals surface area contributed by atoms with Gasteiger partial charge < -0.3 is 14.2 Å². The van der Waals surface area contributed by atoms with Gasteiger partial charge in [0.1, 0.15) is 5.75 Å². The van der Waals surface area contributed by atoms with Crippen LogP contribution in [0.3, 0.4) is 0 Å². The number of fused-ring (bicyclic) bond motifs is 2. The summed E-state index contributed by atoms with van der Waals surface area (Å²) in [5, 5.41) is 5.25. The number of methoxy groups -OCH3 is 1. The van der Waals surface area contributed by atoms with Crippen LogP contribution in [0.15, 0.2) is 47.0 Å². The molecule has 0 unspecified atom stereocenters. The fourth-order valence-corrected chi connectivity index (χ4v) is 4.49. The molecule has 5 rings (SSSR count). The lowest BCUT2D eigenvalue weighted by atomic mass is 10.1. The van der Waals surface area contributed by atoms with Gasteiger partial charge in [-0.1, -0.05) is 17.3 Å². The molecule has 3 heterocycles. The molecule has 0 radical (unpaired) electrons. The number of carbonyl (C=O) groups excluding carboxylic acids is 2. The van der Waals surface area contributed by atoms with Gasteiger partial charge in [0.25, 0.3) is 11.8 Å². The predicted octanol–water partition coefficient (Wildman–Crippen LogP) is 3.03. The Hall–Kier alpha value is -3.39. The van der Waals surface area contributed by atoms with E-state index in [1.807, 2.05) is 18.2 Å². The van der Waals surface area contributed by atoms with Crippen molar-refractivity contribution in [3.05, 3.63) is 53.6 Å². The molecule has 1 fully saturated rings. The maximum absolute atomic E-state index is 12.5. The molecule has 8 nitrogen and oxygen atoms in total. The molecule has 0 aliphatic carbocycles. The number of hydrogen-bond acceptors (Lipinski definition) is 7. The van der Waals surface area contributed by atoms with E-state index in [0.29, 0.717) is 17.7 Å². The minimum absolute atomic E-state index is 0.171. The molecule has 1 saturated heterocycles. The number of benzene rings is 2. The highest BCUT2D eigenvalue weighted by molar-refractivity contribution is 6.21. The third-order valence-electron chi connectivity index (χ3n) is 6.31. The van der Waals surface area contributed by atoms with Crippen LogP contribution in [0.4, 0.5) is 5.82 Å². The number of nitrogens with zero attached hydrogens (tertiary/aromatic N) is 4. The fraction of sp³-hybridized carbons (Fsp3) is 0.375. The molecule has 0 spiro atoms. The molecule has 0 bridgehead atoms. The van der Waals surface area contributed by atoms with Crippen molar-refractivity contribution < 1.29 is 18.8 Å². The van der Waals surface area contributed by atoms with Gasteiger partial charge in [0, 0.05) is 32.7 Å². The monoisotopic (exact) mass is 434 g/mol. The summed E-state index contributed by atoms with van der Waals surface area (Å²) in [6.45, 7) is 5.04. The van der Waals surface area contributed by atoms with Crippen LogP contribution in [0.5, 0.6) is 5.75 Å². The van der Waals surface area contributed by atoms with Gasteiger partial charge in [-0.2, -0.15) is 0 Å².